The lowest BCUT2D eigenvalue weighted by Gasteiger charge is -2.02. The predicted molar refractivity (Wildman–Crippen MR) is 31.8 cm³/mol. The van der Waals surface area contributed by atoms with Gasteiger partial charge in [-0.25, -0.2) is 11.0 Å². The zero-order valence-electron chi connectivity index (χ0n) is 3.54. The molecular formula is C3HCl3FN. The number of alkyl halides is 4. The average Bonchev–Trinajstić information content (AvgIpc) is 1.67. The van der Waals surface area contributed by atoms with Crippen LogP contribution < -0.4 is 0 Å². The van der Waals surface area contributed by atoms with E-state index in [0.717, 1.165) is 0 Å². The fourth-order valence-electron chi connectivity index (χ4n) is 0.0488. The molecular weight excluding hydrogens is 175 g/mol. The molecule has 0 aliphatic rings. The van der Waals surface area contributed by atoms with E-state index in [0.29, 0.717) is 0 Å². The Morgan fingerprint density at radius 2 is 2.00 bits per heavy atom. The van der Waals surface area contributed by atoms with Crippen molar-refractivity contribution in [1.29, 1.82) is 0 Å². The normalized spacial score (nSPS) is 14.9. The van der Waals surface area contributed by atoms with Crippen LogP contribution in [0.25, 0.3) is 4.85 Å². The van der Waals surface area contributed by atoms with Gasteiger partial charge in [-0.3, -0.25) is 4.85 Å². The molecule has 0 spiro atoms. The molecule has 0 bridgehead atoms. The lowest BCUT2D eigenvalue weighted by Crippen LogP contribution is -2.16. The number of hydrogen-bond donors (Lipinski definition) is 0. The summed E-state index contributed by atoms with van der Waals surface area (Å²) in [5.41, 5.74) is -2.04. The highest BCUT2D eigenvalue weighted by molar-refractivity contribution is 6.52. The first-order chi connectivity index (χ1) is 3.50. The van der Waals surface area contributed by atoms with Crippen LogP contribution in [0.3, 0.4) is 0 Å². The summed E-state index contributed by atoms with van der Waals surface area (Å²) in [7, 11) is 0. The van der Waals surface area contributed by atoms with Crippen LogP contribution in [0.15, 0.2) is 0 Å². The Hall–Kier alpha value is 0.290. The second-order valence-corrected chi connectivity index (χ2v) is 2.73. The summed E-state index contributed by atoms with van der Waals surface area (Å²) in [6.45, 7) is 6.17. The molecule has 0 saturated carbocycles. The molecule has 46 valence electrons. The second kappa shape index (κ2) is 2.72. The fraction of sp³-hybridized carbons (Fsp3) is 0.667. The Morgan fingerprint density at radius 3 is 2.00 bits per heavy atom. The van der Waals surface area contributed by atoms with Crippen molar-refractivity contribution in [3.05, 3.63) is 11.4 Å². The minimum Gasteiger partial charge on any atom is -0.271 e. The third-order valence-corrected chi connectivity index (χ3v) is 1.50. The summed E-state index contributed by atoms with van der Waals surface area (Å²) in [5, 5.41) is 0. The first-order valence-corrected chi connectivity index (χ1v) is 2.74. The Kier molecular flexibility index (Phi) is 2.82. The smallest absolute Gasteiger partial charge is 0.271 e. The maximum Gasteiger partial charge on any atom is 0.426 e. The summed E-state index contributed by atoms with van der Waals surface area (Å²) in [6.07, 6.45) is 0. The van der Waals surface area contributed by atoms with E-state index in [4.69, 9.17) is 41.4 Å². The number of halogens is 4. The van der Waals surface area contributed by atoms with Crippen LogP contribution in [0.2, 0.25) is 0 Å². The van der Waals surface area contributed by atoms with Crippen molar-refractivity contribution in [2.75, 3.05) is 0 Å². The fourth-order valence-corrected chi connectivity index (χ4v) is 0.0976. The van der Waals surface area contributed by atoms with Crippen LogP contribution >= 0.6 is 34.8 Å². The van der Waals surface area contributed by atoms with Crippen molar-refractivity contribution < 1.29 is 4.39 Å². The zero-order valence-corrected chi connectivity index (χ0v) is 5.80. The molecule has 1 unspecified atom stereocenters. The van der Waals surface area contributed by atoms with Gasteiger partial charge in [0.05, 0.1) is 0 Å². The molecule has 0 aromatic rings. The van der Waals surface area contributed by atoms with Crippen LogP contribution in [0.4, 0.5) is 4.39 Å². The quantitative estimate of drug-likeness (QED) is 0.329. The SMILES string of the molecule is [C-]#[N+]C(Cl)(Cl)C(F)Cl. The topological polar surface area (TPSA) is 4.36 Å². The maximum atomic E-state index is 11.8. The van der Waals surface area contributed by atoms with E-state index < -0.39 is 10.1 Å². The van der Waals surface area contributed by atoms with Gasteiger partial charge < -0.3 is 0 Å². The average molecular weight is 176 g/mol. The summed E-state index contributed by atoms with van der Waals surface area (Å²) < 4.78 is 9.64. The molecule has 5 heteroatoms. The predicted octanol–water partition coefficient (Wildman–Crippen LogP) is 2.57. The van der Waals surface area contributed by atoms with Crippen LogP contribution in [-0.4, -0.2) is 10.1 Å². The van der Waals surface area contributed by atoms with Gasteiger partial charge in [-0.1, -0.05) is 11.6 Å². The Bertz CT molecular complexity index is 116. The number of hydrogen-bond acceptors (Lipinski definition) is 0. The molecule has 0 amide bonds. The molecule has 0 saturated heterocycles. The monoisotopic (exact) mass is 175 g/mol. The van der Waals surface area contributed by atoms with Gasteiger partial charge in [0.2, 0.25) is 0 Å². The molecule has 0 aliphatic carbocycles. The molecule has 1 atom stereocenters. The molecule has 0 aromatic heterocycles. The molecule has 0 N–H and O–H groups in total. The standard InChI is InChI=1S/C3HCl3FN/c1-8-3(5,6)2(4)7/h2H. The molecule has 0 radical (unpaired) electrons. The van der Waals surface area contributed by atoms with E-state index in [1.54, 1.807) is 0 Å². The molecule has 8 heavy (non-hydrogen) atoms. The number of nitrogens with zero attached hydrogens (tertiary/aromatic N) is 1. The summed E-state index contributed by atoms with van der Waals surface area (Å²) in [5.74, 6) is 0. The highest BCUT2D eigenvalue weighted by atomic mass is 35.5. The van der Waals surface area contributed by atoms with Crippen molar-refractivity contribution in [3.63, 3.8) is 0 Å². The minimum atomic E-state index is -2.12. The van der Waals surface area contributed by atoms with Gasteiger partial charge in [0, 0.05) is 0 Å². The van der Waals surface area contributed by atoms with E-state index in [1.165, 1.54) is 0 Å². The Labute approximate surface area is 61.1 Å². The minimum absolute atomic E-state index is 2.04. The third kappa shape index (κ3) is 2.04. The molecule has 0 fully saturated rings. The van der Waals surface area contributed by atoms with Gasteiger partial charge in [0.1, 0.15) is 0 Å². The first kappa shape index (κ1) is 8.29. The van der Waals surface area contributed by atoms with Crippen LogP contribution in [0.1, 0.15) is 0 Å². The molecule has 0 rings (SSSR count). The van der Waals surface area contributed by atoms with E-state index in [2.05, 4.69) is 4.85 Å². The lowest BCUT2D eigenvalue weighted by molar-refractivity contribution is 0.433. The van der Waals surface area contributed by atoms with Crippen LogP contribution in [0, 0.1) is 6.57 Å². The van der Waals surface area contributed by atoms with Gasteiger partial charge in [0.25, 0.3) is 5.63 Å². The van der Waals surface area contributed by atoms with Gasteiger partial charge in [0.15, 0.2) is 0 Å². The highest BCUT2D eigenvalue weighted by Gasteiger charge is 2.40. The van der Waals surface area contributed by atoms with Crippen molar-refractivity contribution >= 4 is 34.8 Å². The summed E-state index contributed by atoms with van der Waals surface area (Å²) in [4.78, 5) is 2.49. The molecule has 0 heterocycles. The highest BCUT2D eigenvalue weighted by Crippen LogP contribution is 2.31. The van der Waals surface area contributed by atoms with Crippen LogP contribution in [0.5, 0.6) is 0 Å². The molecule has 0 aliphatic heterocycles. The Morgan fingerprint density at radius 1 is 1.62 bits per heavy atom. The van der Waals surface area contributed by atoms with Crippen molar-refractivity contribution in [2.45, 2.75) is 10.1 Å². The molecule has 1 nitrogen and oxygen atoms in total. The Balaban J connectivity index is 3.97. The van der Waals surface area contributed by atoms with E-state index >= 15 is 0 Å². The molecule has 0 aromatic carbocycles. The summed E-state index contributed by atoms with van der Waals surface area (Å²) >= 11 is 14.6. The number of rotatable bonds is 1. The lowest BCUT2D eigenvalue weighted by atomic mass is 10.7. The van der Waals surface area contributed by atoms with Crippen molar-refractivity contribution in [2.24, 2.45) is 0 Å². The largest absolute Gasteiger partial charge is 0.426 e. The summed E-state index contributed by atoms with van der Waals surface area (Å²) in [6, 6.07) is 0. The third-order valence-electron chi connectivity index (χ3n) is 0.412. The first-order valence-electron chi connectivity index (χ1n) is 1.55. The van der Waals surface area contributed by atoms with E-state index in [-0.39, 0.29) is 0 Å². The maximum absolute atomic E-state index is 11.8. The van der Waals surface area contributed by atoms with E-state index in [1.807, 2.05) is 0 Å². The van der Waals surface area contributed by atoms with Gasteiger partial charge in [-0.2, -0.15) is 0 Å². The van der Waals surface area contributed by atoms with Gasteiger partial charge in [-0.05, 0) is 23.2 Å². The zero-order chi connectivity index (χ0) is 6.78. The van der Waals surface area contributed by atoms with E-state index in [9.17, 15) is 4.39 Å². The van der Waals surface area contributed by atoms with Crippen molar-refractivity contribution in [3.8, 4) is 0 Å². The van der Waals surface area contributed by atoms with Gasteiger partial charge >= 0.3 is 4.46 Å². The van der Waals surface area contributed by atoms with Crippen molar-refractivity contribution in [1.82, 2.24) is 0 Å². The second-order valence-electron chi connectivity index (χ2n) is 1.00. The van der Waals surface area contributed by atoms with Crippen LogP contribution in [-0.2, 0) is 0 Å². The van der Waals surface area contributed by atoms with Gasteiger partial charge in [-0.15, -0.1) is 0 Å².